The number of rotatable bonds is 8. The molecular weight excluding hydrogens is 338 g/mol. The van der Waals surface area contributed by atoms with E-state index in [1.54, 1.807) is 25.1 Å². The van der Waals surface area contributed by atoms with E-state index in [-0.39, 0.29) is 5.91 Å². The first-order valence-electron chi connectivity index (χ1n) is 7.30. The topological polar surface area (TPSA) is 69.7 Å². The lowest BCUT2D eigenvalue weighted by Crippen LogP contribution is -2.48. The van der Waals surface area contributed by atoms with E-state index in [0.717, 1.165) is 23.5 Å². The average molecular weight is 362 g/mol. The van der Waals surface area contributed by atoms with Crippen LogP contribution in [0.25, 0.3) is 0 Å². The average Bonchev–Trinajstić information content (AvgIpc) is 2.41. The number of halogens is 1. The molecule has 130 valence electrons. The lowest BCUT2D eigenvalue weighted by molar-refractivity contribution is -0.121. The van der Waals surface area contributed by atoms with E-state index in [1.165, 1.54) is 6.07 Å². The van der Waals surface area contributed by atoms with Crippen LogP contribution in [0.4, 0.5) is 5.69 Å². The molecule has 0 aliphatic carbocycles. The van der Waals surface area contributed by atoms with Crippen molar-refractivity contribution in [2.24, 2.45) is 0 Å². The smallest absolute Gasteiger partial charge is 0.243 e. The van der Waals surface area contributed by atoms with E-state index in [9.17, 15) is 13.2 Å². The second-order valence-corrected chi connectivity index (χ2v) is 7.96. The zero-order valence-electron chi connectivity index (χ0n) is 13.9. The van der Waals surface area contributed by atoms with Crippen molar-refractivity contribution in [1.82, 2.24) is 10.2 Å². The van der Waals surface area contributed by atoms with Gasteiger partial charge in [-0.25, -0.2) is 8.42 Å². The van der Waals surface area contributed by atoms with Gasteiger partial charge >= 0.3 is 0 Å². The molecule has 0 heterocycles. The highest BCUT2D eigenvalue weighted by Gasteiger charge is 2.28. The number of hydrogen-bond donors (Lipinski definition) is 1. The molecule has 1 amide bonds. The Morgan fingerprint density at radius 2 is 2.00 bits per heavy atom. The fourth-order valence-corrected chi connectivity index (χ4v) is 3.53. The van der Waals surface area contributed by atoms with Crippen LogP contribution in [0.15, 0.2) is 24.3 Å². The summed E-state index contributed by atoms with van der Waals surface area (Å²) in [5.74, 6) is -0.339. The van der Waals surface area contributed by atoms with Gasteiger partial charge in [0.05, 0.1) is 11.9 Å². The van der Waals surface area contributed by atoms with Crippen molar-refractivity contribution in [3.05, 3.63) is 29.3 Å². The summed E-state index contributed by atoms with van der Waals surface area (Å²) in [6, 6.07) is 5.58. The molecular formula is C15H24ClN3O3S. The van der Waals surface area contributed by atoms with Gasteiger partial charge in [0.2, 0.25) is 15.9 Å². The molecule has 0 aliphatic rings. The fraction of sp³-hybridized carbons (Fsp3) is 0.533. The van der Waals surface area contributed by atoms with Crippen molar-refractivity contribution in [3.63, 3.8) is 0 Å². The Kier molecular flexibility index (Phi) is 7.31. The summed E-state index contributed by atoms with van der Waals surface area (Å²) < 4.78 is 25.3. The van der Waals surface area contributed by atoms with Crippen molar-refractivity contribution in [1.29, 1.82) is 0 Å². The molecule has 0 spiro atoms. The van der Waals surface area contributed by atoms with Crippen LogP contribution < -0.4 is 9.62 Å². The molecule has 0 fully saturated rings. The third-order valence-corrected chi connectivity index (χ3v) is 4.71. The molecule has 0 aliphatic heterocycles. The van der Waals surface area contributed by atoms with Gasteiger partial charge in [0.1, 0.15) is 6.04 Å². The Bertz CT molecular complexity index is 635. The zero-order valence-corrected chi connectivity index (χ0v) is 15.5. The molecule has 0 bridgehead atoms. The van der Waals surface area contributed by atoms with Crippen LogP contribution in [-0.2, 0) is 14.8 Å². The number of benzene rings is 1. The van der Waals surface area contributed by atoms with Gasteiger partial charge in [0.25, 0.3) is 0 Å². The Morgan fingerprint density at radius 1 is 1.35 bits per heavy atom. The largest absolute Gasteiger partial charge is 0.354 e. The van der Waals surface area contributed by atoms with E-state index in [4.69, 9.17) is 11.6 Å². The Hall–Kier alpha value is -1.31. The minimum absolute atomic E-state index is 0.339. The molecule has 1 atom stereocenters. The predicted octanol–water partition coefficient (Wildman–Crippen LogP) is 1.56. The van der Waals surface area contributed by atoms with E-state index in [2.05, 4.69) is 5.32 Å². The monoisotopic (exact) mass is 361 g/mol. The van der Waals surface area contributed by atoms with Crippen LogP contribution >= 0.6 is 11.6 Å². The van der Waals surface area contributed by atoms with Gasteiger partial charge in [-0.2, -0.15) is 0 Å². The summed E-state index contributed by atoms with van der Waals surface area (Å²) in [4.78, 5) is 14.3. The van der Waals surface area contributed by atoms with Gasteiger partial charge in [-0.05, 0) is 52.2 Å². The first-order valence-corrected chi connectivity index (χ1v) is 9.53. The van der Waals surface area contributed by atoms with Gasteiger partial charge in [0, 0.05) is 11.6 Å². The van der Waals surface area contributed by atoms with Gasteiger partial charge < -0.3 is 10.2 Å². The number of hydrogen-bond acceptors (Lipinski definition) is 4. The molecule has 1 rings (SSSR count). The third kappa shape index (κ3) is 6.37. The molecule has 1 aromatic rings. The summed E-state index contributed by atoms with van der Waals surface area (Å²) in [7, 11) is 0.289. The minimum atomic E-state index is -3.62. The standard InChI is InChI=1S/C15H24ClN3O3S/c1-12(15(20)17-9-6-10-18(2)3)19(23(4,21)22)14-8-5-7-13(16)11-14/h5,7-8,11-12H,6,9-10H2,1-4H3,(H,17,20)/t12-/m1/s1. The summed E-state index contributed by atoms with van der Waals surface area (Å²) in [5, 5.41) is 3.18. The zero-order chi connectivity index (χ0) is 17.6. The highest BCUT2D eigenvalue weighted by molar-refractivity contribution is 7.92. The fourth-order valence-electron chi connectivity index (χ4n) is 2.18. The molecule has 0 saturated carbocycles. The summed E-state index contributed by atoms with van der Waals surface area (Å²) in [6.07, 6.45) is 1.87. The van der Waals surface area contributed by atoms with Crippen LogP contribution in [-0.4, -0.2) is 58.7 Å². The molecule has 1 N–H and O–H groups in total. The van der Waals surface area contributed by atoms with E-state index in [0.29, 0.717) is 17.3 Å². The SMILES string of the molecule is C[C@H](C(=O)NCCCN(C)C)N(c1cccc(Cl)c1)S(C)(=O)=O. The Morgan fingerprint density at radius 3 is 2.52 bits per heavy atom. The quantitative estimate of drug-likeness (QED) is 0.713. The summed E-state index contributed by atoms with van der Waals surface area (Å²) >= 11 is 5.93. The lowest BCUT2D eigenvalue weighted by atomic mass is 10.2. The second-order valence-electron chi connectivity index (χ2n) is 5.66. The summed E-state index contributed by atoms with van der Waals surface area (Å²) in [6.45, 7) is 2.90. The van der Waals surface area contributed by atoms with E-state index < -0.39 is 16.1 Å². The number of amides is 1. The Labute approximate surface area is 143 Å². The predicted molar refractivity (Wildman–Crippen MR) is 94.4 cm³/mol. The van der Waals surface area contributed by atoms with Crippen molar-refractivity contribution < 1.29 is 13.2 Å². The molecule has 6 nitrogen and oxygen atoms in total. The summed E-state index contributed by atoms with van der Waals surface area (Å²) in [5.41, 5.74) is 0.371. The normalized spacial score (nSPS) is 13.0. The number of sulfonamides is 1. The molecule has 1 aromatic carbocycles. The molecule has 0 aromatic heterocycles. The van der Waals surface area contributed by atoms with Crippen LogP contribution in [0.3, 0.4) is 0 Å². The maximum Gasteiger partial charge on any atom is 0.243 e. The minimum Gasteiger partial charge on any atom is -0.354 e. The molecule has 0 unspecified atom stereocenters. The first-order chi connectivity index (χ1) is 10.6. The van der Waals surface area contributed by atoms with Crippen LogP contribution in [0.2, 0.25) is 5.02 Å². The van der Waals surface area contributed by atoms with Crippen LogP contribution in [0.1, 0.15) is 13.3 Å². The van der Waals surface area contributed by atoms with Crippen molar-refractivity contribution in [2.45, 2.75) is 19.4 Å². The molecule has 0 saturated heterocycles. The van der Waals surface area contributed by atoms with Gasteiger partial charge in [-0.3, -0.25) is 9.10 Å². The Balaban J connectivity index is 2.85. The highest BCUT2D eigenvalue weighted by atomic mass is 35.5. The number of anilines is 1. The number of nitrogens with one attached hydrogen (secondary N) is 1. The molecule has 0 radical (unpaired) electrons. The van der Waals surface area contributed by atoms with Gasteiger partial charge in [0.15, 0.2) is 0 Å². The lowest BCUT2D eigenvalue weighted by Gasteiger charge is -2.28. The number of carbonyl (C=O) groups is 1. The number of carbonyl (C=O) groups excluding carboxylic acids is 1. The second kappa shape index (κ2) is 8.52. The van der Waals surface area contributed by atoms with E-state index in [1.807, 2.05) is 19.0 Å². The maximum absolute atomic E-state index is 12.3. The van der Waals surface area contributed by atoms with Crippen molar-refractivity contribution >= 4 is 33.2 Å². The van der Waals surface area contributed by atoms with Gasteiger partial charge in [-0.15, -0.1) is 0 Å². The van der Waals surface area contributed by atoms with Crippen LogP contribution in [0, 0.1) is 0 Å². The first kappa shape index (κ1) is 19.7. The maximum atomic E-state index is 12.3. The van der Waals surface area contributed by atoms with E-state index >= 15 is 0 Å². The third-order valence-electron chi connectivity index (χ3n) is 3.23. The number of nitrogens with zero attached hydrogens (tertiary/aromatic N) is 2. The highest BCUT2D eigenvalue weighted by Crippen LogP contribution is 2.24. The van der Waals surface area contributed by atoms with Crippen molar-refractivity contribution in [2.75, 3.05) is 37.7 Å². The van der Waals surface area contributed by atoms with Crippen LogP contribution in [0.5, 0.6) is 0 Å². The molecule has 8 heteroatoms. The molecule has 23 heavy (non-hydrogen) atoms. The van der Waals surface area contributed by atoms with Crippen molar-refractivity contribution in [3.8, 4) is 0 Å². The van der Waals surface area contributed by atoms with Gasteiger partial charge in [-0.1, -0.05) is 17.7 Å².